The van der Waals surface area contributed by atoms with Gasteiger partial charge in [-0.2, -0.15) is 23.5 Å². The summed E-state index contributed by atoms with van der Waals surface area (Å²) in [4.78, 5) is 50.6. The lowest BCUT2D eigenvalue weighted by atomic mass is 10.0. The van der Waals surface area contributed by atoms with E-state index in [9.17, 15) is 29.4 Å². The van der Waals surface area contributed by atoms with Crippen LogP contribution in [-0.2, 0) is 25.6 Å². The van der Waals surface area contributed by atoms with Gasteiger partial charge in [-0.15, -0.1) is 0 Å². The molecule has 4 atom stereocenters. The highest BCUT2D eigenvalue weighted by molar-refractivity contribution is 7.98. The van der Waals surface area contributed by atoms with E-state index >= 15 is 0 Å². The van der Waals surface area contributed by atoms with E-state index in [2.05, 4.69) is 16.0 Å². The van der Waals surface area contributed by atoms with Gasteiger partial charge < -0.3 is 37.6 Å². The maximum Gasteiger partial charge on any atom is 0.326 e. The zero-order valence-corrected chi connectivity index (χ0v) is 23.6. The van der Waals surface area contributed by atoms with Crippen LogP contribution in [0.25, 0.3) is 0 Å². The van der Waals surface area contributed by atoms with Gasteiger partial charge in [0.1, 0.15) is 23.9 Å². The Morgan fingerprint density at radius 2 is 1.32 bits per heavy atom. The van der Waals surface area contributed by atoms with Crippen LogP contribution in [-0.4, -0.2) is 88.6 Å². The van der Waals surface area contributed by atoms with Crippen LogP contribution in [0, 0.1) is 0 Å². The minimum atomic E-state index is -1.15. The number of aliphatic carboxylic acids is 1. The number of aromatic hydroxyl groups is 1. The van der Waals surface area contributed by atoms with Crippen LogP contribution in [0.4, 0.5) is 0 Å². The zero-order chi connectivity index (χ0) is 28.5. The van der Waals surface area contributed by atoms with Crippen LogP contribution in [0.5, 0.6) is 5.75 Å². The molecule has 214 valence electrons. The molecule has 3 amide bonds. The number of rotatable bonds is 19. The van der Waals surface area contributed by atoms with Gasteiger partial charge in [0, 0.05) is 0 Å². The van der Waals surface area contributed by atoms with Crippen LogP contribution < -0.4 is 27.4 Å². The molecule has 0 aliphatic heterocycles. The van der Waals surface area contributed by atoms with E-state index in [4.69, 9.17) is 11.5 Å². The highest BCUT2D eigenvalue weighted by Gasteiger charge is 2.30. The number of amides is 3. The van der Waals surface area contributed by atoms with Crippen molar-refractivity contribution >= 4 is 47.2 Å². The molecule has 38 heavy (non-hydrogen) atoms. The Kier molecular flexibility index (Phi) is 16.5. The number of carbonyl (C=O) groups excluding carboxylic acids is 3. The largest absolute Gasteiger partial charge is 0.508 e. The third kappa shape index (κ3) is 12.9. The highest BCUT2D eigenvalue weighted by atomic mass is 32.2. The van der Waals surface area contributed by atoms with Crippen molar-refractivity contribution in [1.82, 2.24) is 16.0 Å². The molecule has 0 radical (unpaired) electrons. The summed E-state index contributed by atoms with van der Waals surface area (Å²) in [5, 5.41) is 26.8. The normalized spacial score (nSPS) is 14.1. The first kappa shape index (κ1) is 33.5. The lowest BCUT2D eigenvalue weighted by Gasteiger charge is -2.25. The second kappa shape index (κ2) is 18.7. The van der Waals surface area contributed by atoms with Crippen LogP contribution >= 0.6 is 23.5 Å². The number of phenolic OH excluding ortho intramolecular Hbond substituents is 1. The van der Waals surface area contributed by atoms with Crippen molar-refractivity contribution in [2.45, 2.75) is 62.7 Å². The second-order valence-electron chi connectivity index (χ2n) is 8.85. The van der Waals surface area contributed by atoms with Crippen molar-refractivity contribution in [3.8, 4) is 5.75 Å². The summed E-state index contributed by atoms with van der Waals surface area (Å²) in [5.74, 6) is -1.58. The third-order valence-electron chi connectivity index (χ3n) is 5.78. The molecule has 11 nitrogen and oxygen atoms in total. The lowest BCUT2D eigenvalue weighted by Crippen LogP contribution is -2.57. The number of carbonyl (C=O) groups is 4. The van der Waals surface area contributed by atoms with Crippen LogP contribution in [0.3, 0.4) is 0 Å². The SMILES string of the molecule is CSCCC(NC(=O)C(CCCCN)NC(=O)C(CCSC)NC(=O)C(N)Cc1ccc(O)cc1)C(=O)O. The van der Waals surface area contributed by atoms with Gasteiger partial charge in [0.25, 0.3) is 0 Å². The number of carboxylic acid groups (broad SMARTS) is 1. The van der Waals surface area contributed by atoms with Gasteiger partial charge >= 0.3 is 5.97 Å². The topological polar surface area (TPSA) is 197 Å². The minimum absolute atomic E-state index is 0.101. The third-order valence-corrected chi connectivity index (χ3v) is 7.07. The molecular formula is C25H41N5O6S2. The molecule has 0 aliphatic rings. The summed E-state index contributed by atoms with van der Waals surface area (Å²) in [7, 11) is 0. The first-order valence-corrected chi connectivity index (χ1v) is 15.3. The van der Waals surface area contributed by atoms with E-state index in [0.717, 1.165) is 5.56 Å². The molecule has 1 aromatic carbocycles. The van der Waals surface area contributed by atoms with Crippen molar-refractivity contribution in [3.63, 3.8) is 0 Å². The Labute approximate surface area is 232 Å². The van der Waals surface area contributed by atoms with Gasteiger partial charge in [-0.3, -0.25) is 14.4 Å². The standard InChI is InChI=1S/C25H41N5O6S2/c1-37-13-10-20(28-22(32)18(27)15-16-6-8-17(31)9-7-16)24(34)29-19(5-3-4-12-26)23(33)30-21(25(35)36)11-14-38-2/h6-9,18-21,31H,3-5,10-15,26-27H2,1-2H3,(H,28,32)(H,29,34)(H,30,33)(H,35,36). The average Bonchev–Trinajstić information content (AvgIpc) is 2.89. The van der Waals surface area contributed by atoms with Gasteiger partial charge in [-0.05, 0) is 86.8 Å². The summed E-state index contributed by atoms with van der Waals surface area (Å²) in [5.41, 5.74) is 12.4. The highest BCUT2D eigenvalue weighted by Crippen LogP contribution is 2.12. The number of phenols is 1. The fourth-order valence-electron chi connectivity index (χ4n) is 3.56. The summed E-state index contributed by atoms with van der Waals surface area (Å²) in [6.07, 6.45) is 5.94. The molecule has 0 aromatic heterocycles. The molecule has 0 saturated heterocycles. The summed E-state index contributed by atoms with van der Waals surface area (Å²) in [6.45, 7) is 0.416. The molecule has 1 rings (SSSR count). The molecular weight excluding hydrogens is 530 g/mol. The molecule has 0 aliphatic carbocycles. The van der Waals surface area contributed by atoms with Gasteiger partial charge in [-0.1, -0.05) is 12.1 Å². The number of nitrogens with one attached hydrogen (secondary N) is 3. The van der Waals surface area contributed by atoms with Gasteiger partial charge in [0.2, 0.25) is 17.7 Å². The lowest BCUT2D eigenvalue weighted by molar-refractivity contribution is -0.142. The number of thioether (sulfide) groups is 2. The quantitative estimate of drug-likeness (QED) is 0.114. The minimum Gasteiger partial charge on any atom is -0.508 e. The van der Waals surface area contributed by atoms with E-state index in [1.807, 2.05) is 12.5 Å². The Morgan fingerprint density at radius 1 is 0.816 bits per heavy atom. The van der Waals surface area contributed by atoms with Crippen LogP contribution in [0.1, 0.15) is 37.7 Å². The van der Waals surface area contributed by atoms with Gasteiger partial charge in [0.05, 0.1) is 6.04 Å². The number of hydrogen-bond acceptors (Lipinski definition) is 9. The molecule has 0 spiro atoms. The Bertz CT molecular complexity index is 889. The molecule has 0 fully saturated rings. The summed E-state index contributed by atoms with van der Waals surface area (Å²) in [6, 6.07) is 2.40. The molecule has 0 saturated carbocycles. The molecule has 9 N–H and O–H groups in total. The van der Waals surface area contributed by atoms with Crippen molar-refractivity contribution in [2.75, 3.05) is 30.6 Å². The Balaban J connectivity index is 2.93. The van der Waals surface area contributed by atoms with E-state index < -0.39 is 47.9 Å². The van der Waals surface area contributed by atoms with Crippen molar-refractivity contribution < 1.29 is 29.4 Å². The van der Waals surface area contributed by atoms with Crippen LogP contribution in [0.15, 0.2) is 24.3 Å². The predicted octanol–water partition coefficient (Wildman–Crippen LogP) is 0.436. The summed E-state index contributed by atoms with van der Waals surface area (Å²) < 4.78 is 0. The number of nitrogens with two attached hydrogens (primary N) is 2. The smallest absolute Gasteiger partial charge is 0.326 e. The molecule has 0 bridgehead atoms. The average molecular weight is 572 g/mol. The number of benzene rings is 1. The summed E-state index contributed by atoms with van der Waals surface area (Å²) >= 11 is 2.97. The maximum absolute atomic E-state index is 13.2. The van der Waals surface area contributed by atoms with E-state index in [0.29, 0.717) is 37.3 Å². The van der Waals surface area contributed by atoms with Crippen molar-refractivity contribution in [3.05, 3.63) is 29.8 Å². The van der Waals surface area contributed by atoms with Gasteiger partial charge in [0.15, 0.2) is 0 Å². The van der Waals surface area contributed by atoms with Crippen molar-refractivity contribution in [1.29, 1.82) is 0 Å². The van der Waals surface area contributed by atoms with Crippen molar-refractivity contribution in [2.24, 2.45) is 11.5 Å². The second-order valence-corrected chi connectivity index (χ2v) is 10.8. The maximum atomic E-state index is 13.2. The monoisotopic (exact) mass is 571 g/mol. The van der Waals surface area contributed by atoms with Gasteiger partial charge in [-0.25, -0.2) is 4.79 Å². The Morgan fingerprint density at radius 3 is 1.84 bits per heavy atom. The van der Waals surface area contributed by atoms with E-state index in [1.165, 1.54) is 35.7 Å². The molecule has 1 aromatic rings. The molecule has 13 heteroatoms. The first-order chi connectivity index (χ1) is 18.1. The van der Waals surface area contributed by atoms with E-state index in [1.54, 1.807) is 12.1 Å². The Hall–Kier alpha value is -2.48. The molecule has 4 unspecified atom stereocenters. The first-order valence-electron chi connectivity index (χ1n) is 12.5. The predicted molar refractivity (Wildman–Crippen MR) is 152 cm³/mol. The number of hydrogen-bond donors (Lipinski definition) is 7. The molecule has 0 heterocycles. The van der Waals surface area contributed by atoms with Crippen LogP contribution in [0.2, 0.25) is 0 Å². The number of carboxylic acids is 1. The fraction of sp³-hybridized carbons (Fsp3) is 0.600. The zero-order valence-electron chi connectivity index (χ0n) is 22.0. The van der Waals surface area contributed by atoms with E-state index in [-0.39, 0.29) is 25.0 Å². The number of unbranched alkanes of at least 4 members (excludes halogenated alkanes) is 1. The fourth-order valence-corrected chi connectivity index (χ4v) is 4.50.